The van der Waals surface area contributed by atoms with Crippen LogP contribution in [0.5, 0.6) is 5.75 Å². The van der Waals surface area contributed by atoms with E-state index in [0.29, 0.717) is 6.42 Å². The predicted octanol–water partition coefficient (Wildman–Crippen LogP) is 5.80. The summed E-state index contributed by atoms with van der Waals surface area (Å²) in [6.45, 7) is 4.10. The van der Waals surface area contributed by atoms with Crippen LogP contribution in [0.3, 0.4) is 0 Å². The van der Waals surface area contributed by atoms with Gasteiger partial charge in [0.15, 0.2) is 0 Å². The van der Waals surface area contributed by atoms with E-state index in [4.69, 9.17) is 16.3 Å². The smallest absolute Gasteiger partial charge is 0.220 e. The van der Waals surface area contributed by atoms with E-state index in [2.05, 4.69) is 18.3 Å². The number of nitrogens with one attached hydrogen (secondary N) is 1. The first-order valence-corrected chi connectivity index (χ1v) is 10.2. The topological polar surface area (TPSA) is 38.3 Å². The fourth-order valence-electron chi connectivity index (χ4n) is 2.76. The van der Waals surface area contributed by atoms with Gasteiger partial charge in [-0.05, 0) is 67.0 Å². The van der Waals surface area contributed by atoms with Crippen LogP contribution in [0.1, 0.15) is 43.4 Å². The van der Waals surface area contributed by atoms with Gasteiger partial charge in [0.25, 0.3) is 0 Å². The highest BCUT2D eigenvalue weighted by Crippen LogP contribution is 2.25. The third-order valence-electron chi connectivity index (χ3n) is 4.20. The molecule has 1 atom stereocenters. The highest BCUT2D eigenvalue weighted by atomic mass is 35.5. The molecule has 5 heteroatoms. The number of hydrogen-bond donors (Lipinski definition) is 1. The van der Waals surface area contributed by atoms with E-state index in [1.165, 1.54) is 4.90 Å². The Bertz CT molecular complexity index is 718. The van der Waals surface area contributed by atoms with Crippen LogP contribution in [0.25, 0.3) is 0 Å². The molecule has 2 aromatic rings. The minimum absolute atomic E-state index is 0.0380. The molecule has 0 aliphatic rings. The Morgan fingerprint density at radius 1 is 1.23 bits per heavy atom. The van der Waals surface area contributed by atoms with Crippen molar-refractivity contribution in [3.05, 3.63) is 58.6 Å². The van der Waals surface area contributed by atoms with Gasteiger partial charge < -0.3 is 10.1 Å². The first-order valence-electron chi connectivity index (χ1n) is 8.85. The standard InChI is InChI=1S/C21H26ClNO2S/c1-4-19(16-7-12-20(25-3)15(2)14-16)23-21(24)6-5-13-26-18-10-8-17(22)9-11-18/h7-12,14,19H,4-6,13H2,1-3H3,(H,23,24)/t19-/m0/s1. The number of carbonyl (C=O) groups is 1. The second-order valence-corrected chi connectivity index (χ2v) is 7.77. The lowest BCUT2D eigenvalue weighted by Crippen LogP contribution is -2.28. The first-order chi connectivity index (χ1) is 12.5. The van der Waals surface area contributed by atoms with Gasteiger partial charge in [-0.2, -0.15) is 0 Å². The monoisotopic (exact) mass is 391 g/mol. The van der Waals surface area contributed by atoms with Gasteiger partial charge >= 0.3 is 0 Å². The van der Waals surface area contributed by atoms with Crippen molar-refractivity contribution in [1.82, 2.24) is 5.32 Å². The Morgan fingerprint density at radius 3 is 2.58 bits per heavy atom. The number of thioether (sulfide) groups is 1. The molecule has 0 aliphatic carbocycles. The summed E-state index contributed by atoms with van der Waals surface area (Å²) in [5, 5.41) is 3.89. The average Bonchev–Trinajstić information content (AvgIpc) is 2.64. The van der Waals surface area contributed by atoms with Crippen LogP contribution in [-0.4, -0.2) is 18.8 Å². The number of methoxy groups -OCH3 is 1. The molecule has 0 heterocycles. The number of halogens is 1. The molecule has 1 N–H and O–H groups in total. The van der Waals surface area contributed by atoms with Crippen LogP contribution < -0.4 is 10.1 Å². The molecule has 0 saturated carbocycles. The maximum Gasteiger partial charge on any atom is 0.220 e. The zero-order chi connectivity index (χ0) is 18.9. The van der Waals surface area contributed by atoms with E-state index < -0.39 is 0 Å². The van der Waals surface area contributed by atoms with Crippen molar-refractivity contribution in [2.24, 2.45) is 0 Å². The number of aryl methyl sites for hydroxylation is 1. The molecule has 0 spiro atoms. The van der Waals surface area contributed by atoms with Gasteiger partial charge in [0.1, 0.15) is 5.75 Å². The fraction of sp³-hybridized carbons (Fsp3) is 0.381. The quantitative estimate of drug-likeness (QED) is 0.433. The molecule has 0 unspecified atom stereocenters. The van der Waals surface area contributed by atoms with Crippen molar-refractivity contribution in [1.29, 1.82) is 0 Å². The van der Waals surface area contributed by atoms with Gasteiger partial charge in [-0.3, -0.25) is 4.79 Å². The van der Waals surface area contributed by atoms with Crippen LogP contribution in [-0.2, 0) is 4.79 Å². The summed E-state index contributed by atoms with van der Waals surface area (Å²) in [5.74, 6) is 1.88. The highest BCUT2D eigenvalue weighted by molar-refractivity contribution is 7.99. The van der Waals surface area contributed by atoms with Gasteiger partial charge in [0.05, 0.1) is 13.2 Å². The summed E-state index contributed by atoms with van der Waals surface area (Å²) in [5.41, 5.74) is 2.20. The third kappa shape index (κ3) is 6.26. The molecule has 0 radical (unpaired) electrons. The normalized spacial score (nSPS) is 11.8. The molecule has 140 valence electrons. The molecular weight excluding hydrogens is 366 g/mol. The van der Waals surface area contributed by atoms with Crippen LogP contribution >= 0.6 is 23.4 Å². The molecule has 0 saturated heterocycles. The molecule has 0 aromatic heterocycles. The van der Waals surface area contributed by atoms with E-state index in [1.807, 2.05) is 43.3 Å². The van der Waals surface area contributed by atoms with E-state index >= 15 is 0 Å². The molecule has 26 heavy (non-hydrogen) atoms. The van der Waals surface area contributed by atoms with Crippen molar-refractivity contribution in [2.45, 2.75) is 44.0 Å². The maximum absolute atomic E-state index is 12.3. The second kappa shape index (κ2) is 10.5. The molecule has 1 amide bonds. The van der Waals surface area contributed by atoms with Crippen LogP contribution in [0.2, 0.25) is 5.02 Å². The summed E-state index contributed by atoms with van der Waals surface area (Å²) < 4.78 is 5.31. The van der Waals surface area contributed by atoms with E-state index in [0.717, 1.165) is 40.5 Å². The number of rotatable bonds is 9. The molecule has 0 bridgehead atoms. The van der Waals surface area contributed by atoms with Crippen molar-refractivity contribution < 1.29 is 9.53 Å². The molecule has 2 aromatic carbocycles. The Labute approximate surface area is 165 Å². The lowest BCUT2D eigenvalue weighted by Gasteiger charge is -2.19. The number of ether oxygens (including phenoxy) is 1. The van der Waals surface area contributed by atoms with E-state index in [1.54, 1.807) is 18.9 Å². The predicted molar refractivity (Wildman–Crippen MR) is 110 cm³/mol. The average molecular weight is 392 g/mol. The molecule has 0 fully saturated rings. The van der Waals surface area contributed by atoms with Crippen LogP contribution in [0, 0.1) is 6.92 Å². The minimum Gasteiger partial charge on any atom is -0.496 e. The molecule has 0 aliphatic heterocycles. The van der Waals surface area contributed by atoms with Crippen LogP contribution in [0.4, 0.5) is 0 Å². The van der Waals surface area contributed by atoms with Crippen LogP contribution in [0.15, 0.2) is 47.4 Å². The first kappa shape index (κ1) is 20.7. The summed E-state index contributed by atoms with van der Waals surface area (Å²) in [6.07, 6.45) is 2.24. The Hall–Kier alpha value is -1.65. The third-order valence-corrected chi connectivity index (χ3v) is 5.55. The molecule has 3 nitrogen and oxygen atoms in total. The summed E-state index contributed by atoms with van der Waals surface area (Å²) in [7, 11) is 1.67. The fourth-order valence-corrected chi connectivity index (χ4v) is 3.74. The van der Waals surface area contributed by atoms with Crippen molar-refractivity contribution in [2.75, 3.05) is 12.9 Å². The zero-order valence-corrected chi connectivity index (χ0v) is 17.1. The van der Waals surface area contributed by atoms with Gasteiger partial charge in [0, 0.05) is 16.3 Å². The minimum atomic E-state index is 0.0380. The molecular formula is C21H26ClNO2S. The summed E-state index contributed by atoms with van der Waals surface area (Å²) in [6, 6.07) is 13.9. The number of benzene rings is 2. The Morgan fingerprint density at radius 2 is 1.96 bits per heavy atom. The molecule has 2 rings (SSSR count). The maximum atomic E-state index is 12.3. The largest absolute Gasteiger partial charge is 0.496 e. The van der Waals surface area contributed by atoms with E-state index in [9.17, 15) is 4.79 Å². The summed E-state index contributed by atoms with van der Waals surface area (Å²) >= 11 is 7.63. The van der Waals surface area contributed by atoms with Gasteiger partial charge in [-0.25, -0.2) is 0 Å². The van der Waals surface area contributed by atoms with Crippen molar-refractivity contribution in [3.63, 3.8) is 0 Å². The second-order valence-electron chi connectivity index (χ2n) is 6.16. The number of amides is 1. The Balaban J connectivity index is 1.79. The summed E-state index contributed by atoms with van der Waals surface area (Å²) in [4.78, 5) is 13.5. The van der Waals surface area contributed by atoms with E-state index in [-0.39, 0.29) is 11.9 Å². The van der Waals surface area contributed by atoms with Crippen molar-refractivity contribution in [3.8, 4) is 5.75 Å². The zero-order valence-electron chi connectivity index (χ0n) is 15.5. The lowest BCUT2D eigenvalue weighted by atomic mass is 10.0. The lowest BCUT2D eigenvalue weighted by molar-refractivity contribution is -0.121. The van der Waals surface area contributed by atoms with Gasteiger partial charge in [0.2, 0.25) is 5.91 Å². The Kier molecular flexibility index (Phi) is 8.33. The number of hydrogen-bond acceptors (Lipinski definition) is 3. The van der Waals surface area contributed by atoms with Gasteiger partial charge in [-0.1, -0.05) is 30.7 Å². The van der Waals surface area contributed by atoms with Gasteiger partial charge in [-0.15, -0.1) is 11.8 Å². The highest BCUT2D eigenvalue weighted by Gasteiger charge is 2.13. The number of carbonyl (C=O) groups excluding carboxylic acids is 1. The SMILES string of the molecule is CC[C@H](NC(=O)CCCSc1ccc(Cl)cc1)c1ccc(OC)c(C)c1. The van der Waals surface area contributed by atoms with Crippen molar-refractivity contribution >= 4 is 29.3 Å².